The van der Waals surface area contributed by atoms with Gasteiger partial charge in [0.1, 0.15) is 13.2 Å². The van der Waals surface area contributed by atoms with Crippen molar-refractivity contribution in [2.75, 3.05) is 26.4 Å². The van der Waals surface area contributed by atoms with Crippen molar-refractivity contribution in [3.8, 4) is 11.5 Å². The van der Waals surface area contributed by atoms with E-state index in [9.17, 15) is 4.89 Å². The lowest BCUT2D eigenvalue weighted by Crippen LogP contribution is -2.15. The van der Waals surface area contributed by atoms with Crippen LogP contribution < -0.4 is 9.47 Å². The van der Waals surface area contributed by atoms with Gasteiger partial charge >= 0.3 is 7.94 Å². The Morgan fingerprint density at radius 3 is 2.61 bits per heavy atom. The largest absolute Gasteiger partial charge is 0.485 e. The first-order valence-electron chi connectivity index (χ1n) is 5.94. The summed E-state index contributed by atoms with van der Waals surface area (Å²) < 4.78 is 21.8. The molecule has 1 aromatic rings. The highest BCUT2D eigenvalue weighted by Crippen LogP contribution is 2.62. The first-order chi connectivity index (χ1) is 8.68. The lowest BCUT2D eigenvalue weighted by molar-refractivity contribution is 0.170. The van der Waals surface area contributed by atoms with Crippen molar-refractivity contribution in [2.24, 2.45) is 0 Å². The summed E-state index contributed by atoms with van der Waals surface area (Å²) in [6.45, 7) is 5.64. The summed E-state index contributed by atoms with van der Waals surface area (Å²) in [5.74, 6) is 1.48. The van der Waals surface area contributed by atoms with Gasteiger partial charge in [0.25, 0.3) is 0 Å². The van der Waals surface area contributed by atoms with Gasteiger partial charge in [-0.1, -0.05) is 0 Å². The molecule has 0 aromatic carbocycles. The van der Waals surface area contributed by atoms with Crippen molar-refractivity contribution >= 4 is 19.3 Å². The SMILES string of the molecule is CCO[P+](O)(Cc1scc2c1OCCO2)OCC. The zero-order chi connectivity index (χ0) is 13.0. The maximum absolute atomic E-state index is 10.4. The van der Waals surface area contributed by atoms with E-state index in [0.717, 1.165) is 16.4 Å². The van der Waals surface area contributed by atoms with Gasteiger partial charge in [0.2, 0.25) is 0 Å². The molecule has 2 heterocycles. The molecule has 0 amide bonds. The molecular weight excluding hydrogens is 275 g/mol. The number of hydrogen-bond donors (Lipinski definition) is 1. The molecule has 7 heteroatoms. The van der Waals surface area contributed by atoms with Gasteiger partial charge in [-0.3, -0.25) is 0 Å². The van der Waals surface area contributed by atoms with Crippen molar-refractivity contribution in [1.82, 2.24) is 0 Å². The van der Waals surface area contributed by atoms with Crippen LogP contribution in [0.4, 0.5) is 0 Å². The molecule has 5 nitrogen and oxygen atoms in total. The minimum absolute atomic E-state index is 0.345. The van der Waals surface area contributed by atoms with E-state index in [4.69, 9.17) is 18.5 Å². The molecule has 0 atom stereocenters. The highest BCUT2D eigenvalue weighted by atomic mass is 32.1. The Morgan fingerprint density at radius 1 is 1.28 bits per heavy atom. The Hall–Kier alpha value is -0.390. The molecule has 2 rings (SSSR count). The van der Waals surface area contributed by atoms with Gasteiger partial charge in [-0.25, -0.2) is 0 Å². The lowest BCUT2D eigenvalue weighted by atomic mass is 10.4. The standard InChI is InChI=1S/C11H18O5PS/c1-3-15-17(12,16-4-2)7-10-11-9(8-18-10)13-5-6-14-11/h8,12H,3-7H2,1-2H3/q+1. The Balaban J connectivity index is 2.13. The highest BCUT2D eigenvalue weighted by Gasteiger charge is 2.42. The molecule has 0 fully saturated rings. The fraction of sp³-hybridized carbons (Fsp3) is 0.636. The molecule has 102 valence electrons. The monoisotopic (exact) mass is 293 g/mol. The summed E-state index contributed by atoms with van der Waals surface area (Å²) in [6.07, 6.45) is 0.345. The third kappa shape index (κ3) is 3.13. The minimum Gasteiger partial charge on any atom is -0.485 e. The predicted molar refractivity (Wildman–Crippen MR) is 71.4 cm³/mol. The third-order valence-corrected chi connectivity index (χ3v) is 5.58. The van der Waals surface area contributed by atoms with Gasteiger partial charge < -0.3 is 9.47 Å². The molecule has 0 unspecified atom stereocenters. The van der Waals surface area contributed by atoms with E-state index in [0.29, 0.717) is 32.6 Å². The van der Waals surface area contributed by atoms with Crippen LogP contribution in [0.5, 0.6) is 11.5 Å². The Morgan fingerprint density at radius 2 is 1.94 bits per heavy atom. The highest BCUT2D eigenvalue weighted by molar-refractivity contribution is 7.60. The van der Waals surface area contributed by atoms with Crippen LogP contribution in [0, 0.1) is 0 Å². The van der Waals surface area contributed by atoms with E-state index in [-0.39, 0.29) is 0 Å². The van der Waals surface area contributed by atoms with E-state index >= 15 is 0 Å². The van der Waals surface area contributed by atoms with Crippen LogP contribution in [0.25, 0.3) is 0 Å². The van der Waals surface area contributed by atoms with Gasteiger partial charge in [-0.05, 0) is 13.8 Å². The number of hydrogen-bond acceptors (Lipinski definition) is 6. The normalized spacial score (nSPS) is 14.8. The molecule has 0 saturated carbocycles. The molecular formula is C11H18O5PS+. The molecule has 1 aliphatic rings. The fourth-order valence-electron chi connectivity index (χ4n) is 1.74. The lowest BCUT2D eigenvalue weighted by Gasteiger charge is -2.18. The molecule has 0 aliphatic carbocycles. The van der Waals surface area contributed by atoms with Gasteiger partial charge in [-0.15, -0.1) is 11.3 Å². The van der Waals surface area contributed by atoms with Gasteiger partial charge in [0.05, 0.1) is 18.1 Å². The Kier molecular flexibility index (Phi) is 4.81. The van der Waals surface area contributed by atoms with E-state index in [1.165, 1.54) is 11.3 Å². The summed E-state index contributed by atoms with van der Waals surface area (Å²) in [7, 11) is -2.83. The van der Waals surface area contributed by atoms with Crippen LogP contribution in [-0.2, 0) is 15.2 Å². The zero-order valence-corrected chi connectivity index (χ0v) is 12.3. The van der Waals surface area contributed by atoms with Crippen LogP contribution in [0.3, 0.4) is 0 Å². The molecule has 1 aromatic heterocycles. The van der Waals surface area contributed by atoms with E-state index < -0.39 is 7.94 Å². The third-order valence-electron chi connectivity index (χ3n) is 2.38. The predicted octanol–water partition coefficient (Wildman–Crippen LogP) is 2.85. The number of ether oxygens (including phenoxy) is 2. The average molecular weight is 293 g/mol. The molecule has 18 heavy (non-hydrogen) atoms. The summed E-state index contributed by atoms with van der Waals surface area (Å²) in [5, 5.41) is 1.89. The van der Waals surface area contributed by atoms with Crippen LogP contribution >= 0.6 is 19.3 Å². The van der Waals surface area contributed by atoms with E-state index in [1.54, 1.807) is 0 Å². The van der Waals surface area contributed by atoms with Crippen molar-refractivity contribution in [3.05, 3.63) is 10.3 Å². The topological polar surface area (TPSA) is 57.2 Å². The molecule has 0 radical (unpaired) electrons. The second-order valence-electron chi connectivity index (χ2n) is 3.68. The van der Waals surface area contributed by atoms with Crippen LogP contribution in [-0.4, -0.2) is 31.3 Å². The molecule has 1 aliphatic heterocycles. The smallest absolute Gasteiger partial charge is 0.414 e. The van der Waals surface area contributed by atoms with Crippen molar-refractivity contribution in [3.63, 3.8) is 0 Å². The van der Waals surface area contributed by atoms with Crippen molar-refractivity contribution in [2.45, 2.75) is 20.0 Å². The minimum atomic E-state index is -2.83. The first-order valence-corrected chi connectivity index (χ1v) is 8.58. The van der Waals surface area contributed by atoms with Gasteiger partial charge in [0, 0.05) is 5.38 Å². The number of thiophene rings is 1. The molecule has 1 N–H and O–H groups in total. The van der Waals surface area contributed by atoms with E-state index in [1.807, 2.05) is 19.2 Å². The van der Waals surface area contributed by atoms with E-state index in [2.05, 4.69) is 0 Å². The average Bonchev–Trinajstić information content (AvgIpc) is 2.73. The van der Waals surface area contributed by atoms with Crippen molar-refractivity contribution in [1.29, 1.82) is 0 Å². The Bertz CT molecular complexity index is 389. The number of rotatable bonds is 6. The fourth-order valence-corrected chi connectivity index (χ4v) is 4.79. The second kappa shape index (κ2) is 6.17. The maximum atomic E-state index is 10.4. The van der Waals surface area contributed by atoms with Gasteiger partial charge in [-0.2, -0.15) is 13.9 Å². The van der Waals surface area contributed by atoms with Crippen LogP contribution in [0.2, 0.25) is 0 Å². The maximum Gasteiger partial charge on any atom is 0.414 e. The second-order valence-corrected chi connectivity index (χ2v) is 6.75. The Labute approximate surface area is 111 Å². The van der Waals surface area contributed by atoms with Crippen LogP contribution in [0.15, 0.2) is 5.38 Å². The summed E-state index contributed by atoms with van der Waals surface area (Å²) in [6, 6.07) is 0. The molecule has 0 bridgehead atoms. The van der Waals surface area contributed by atoms with Crippen LogP contribution in [0.1, 0.15) is 18.7 Å². The first kappa shape index (κ1) is 14.0. The zero-order valence-electron chi connectivity index (χ0n) is 10.5. The number of fused-ring (bicyclic) bond motifs is 1. The summed E-state index contributed by atoms with van der Waals surface area (Å²) >= 11 is 1.50. The molecule has 0 saturated heterocycles. The van der Waals surface area contributed by atoms with Gasteiger partial charge in [0.15, 0.2) is 17.7 Å². The van der Waals surface area contributed by atoms with Crippen molar-refractivity contribution < 1.29 is 23.4 Å². The molecule has 0 spiro atoms. The summed E-state index contributed by atoms with van der Waals surface area (Å²) in [5.41, 5.74) is 0. The summed E-state index contributed by atoms with van der Waals surface area (Å²) in [4.78, 5) is 11.3. The quantitative estimate of drug-likeness (QED) is 0.817.